The van der Waals surface area contributed by atoms with Crippen LogP contribution in [0.25, 0.3) is 10.9 Å². The van der Waals surface area contributed by atoms with E-state index < -0.39 is 27.5 Å². The molecule has 0 aliphatic carbocycles. The Morgan fingerprint density at radius 3 is 2.66 bits per heavy atom. The SMILES string of the molecule is O=c1nc(N2CCNCC2)c2cc(C(F)(F)F)cc3c2n1C[C@H](c1ccccn1)C[SH]3Cl. The first-order valence-electron chi connectivity index (χ1n) is 10.3. The molecule has 170 valence electrons. The molecular weight excluding hydrogens is 463 g/mol. The fourth-order valence-electron chi connectivity index (χ4n) is 4.39. The average Bonchev–Trinajstić information content (AvgIpc) is 2.94. The van der Waals surface area contributed by atoms with Crippen LogP contribution in [0.1, 0.15) is 17.2 Å². The number of pyridine rings is 1. The molecule has 0 bridgehead atoms. The first-order valence-corrected chi connectivity index (χ1v) is 12.7. The molecule has 1 saturated heterocycles. The third-order valence-electron chi connectivity index (χ3n) is 5.93. The van der Waals surface area contributed by atoms with Crippen LogP contribution in [0.2, 0.25) is 0 Å². The summed E-state index contributed by atoms with van der Waals surface area (Å²) in [5, 5.41) is 3.54. The largest absolute Gasteiger partial charge is 0.416 e. The molecule has 2 aliphatic heterocycles. The Morgan fingerprint density at radius 2 is 1.97 bits per heavy atom. The van der Waals surface area contributed by atoms with Crippen molar-refractivity contribution in [3.8, 4) is 0 Å². The molecular formula is C21H21ClF3N5OS. The van der Waals surface area contributed by atoms with Gasteiger partial charge in [-0.1, -0.05) is 16.7 Å². The number of hydrogen-bond acceptors (Lipinski definition) is 5. The van der Waals surface area contributed by atoms with Gasteiger partial charge in [-0.05, 0) is 24.3 Å². The fraction of sp³-hybridized carbons (Fsp3) is 0.381. The highest BCUT2D eigenvalue weighted by Crippen LogP contribution is 2.51. The number of thiol groups is 1. The van der Waals surface area contributed by atoms with Crippen molar-refractivity contribution >= 4 is 37.5 Å². The van der Waals surface area contributed by atoms with Gasteiger partial charge in [0.1, 0.15) is 5.82 Å². The zero-order chi connectivity index (χ0) is 22.5. The molecule has 0 radical (unpaired) electrons. The minimum atomic E-state index is -4.54. The lowest BCUT2D eigenvalue weighted by Crippen LogP contribution is -2.45. The smallest absolute Gasteiger partial charge is 0.353 e. The second-order valence-electron chi connectivity index (χ2n) is 7.95. The number of aromatic nitrogens is 3. The summed E-state index contributed by atoms with van der Waals surface area (Å²) in [7, 11) is 5.31. The van der Waals surface area contributed by atoms with Gasteiger partial charge in [0, 0.05) is 66.6 Å². The lowest BCUT2D eigenvalue weighted by molar-refractivity contribution is -0.137. The Bertz CT molecular complexity index is 1210. The lowest BCUT2D eigenvalue weighted by Gasteiger charge is -2.30. The molecule has 1 unspecified atom stereocenters. The fourth-order valence-corrected chi connectivity index (χ4v) is 6.91. The van der Waals surface area contributed by atoms with Gasteiger partial charge in [-0.3, -0.25) is 9.55 Å². The Balaban J connectivity index is 1.77. The molecule has 3 aromatic rings. The number of rotatable bonds is 2. The number of hydrogen-bond donors (Lipinski definition) is 2. The monoisotopic (exact) mass is 483 g/mol. The molecule has 2 atom stereocenters. The molecule has 11 heteroatoms. The van der Waals surface area contributed by atoms with Crippen molar-refractivity contribution < 1.29 is 13.2 Å². The van der Waals surface area contributed by atoms with Crippen LogP contribution in [0, 0.1) is 0 Å². The van der Waals surface area contributed by atoms with Crippen LogP contribution >= 0.6 is 20.8 Å². The summed E-state index contributed by atoms with van der Waals surface area (Å²) in [5.41, 5.74) is -0.0236. The van der Waals surface area contributed by atoms with Gasteiger partial charge in [0.25, 0.3) is 0 Å². The number of halogens is 4. The number of anilines is 1. The summed E-state index contributed by atoms with van der Waals surface area (Å²) in [6, 6.07) is 7.72. The number of nitrogens with one attached hydrogen (secondary N) is 1. The van der Waals surface area contributed by atoms with E-state index in [0.717, 1.165) is 17.8 Å². The van der Waals surface area contributed by atoms with Crippen LogP contribution in [0.5, 0.6) is 0 Å². The molecule has 4 heterocycles. The van der Waals surface area contributed by atoms with Gasteiger partial charge in [-0.25, -0.2) is 4.79 Å². The van der Waals surface area contributed by atoms with E-state index in [1.54, 1.807) is 12.3 Å². The summed E-state index contributed by atoms with van der Waals surface area (Å²) in [6.07, 6.45) is -2.87. The zero-order valence-corrected chi connectivity index (χ0v) is 18.6. The third-order valence-corrected chi connectivity index (χ3v) is 8.51. The van der Waals surface area contributed by atoms with E-state index in [9.17, 15) is 18.0 Å². The summed E-state index contributed by atoms with van der Waals surface area (Å²) in [5.74, 6) is 0.523. The molecule has 32 heavy (non-hydrogen) atoms. The molecule has 1 N–H and O–H groups in total. The van der Waals surface area contributed by atoms with Crippen LogP contribution in [0.4, 0.5) is 19.0 Å². The summed E-state index contributed by atoms with van der Waals surface area (Å²) >= 11 is 0. The highest BCUT2D eigenvalue weighted by molar-refractivity contribution is 8.36. The Hall–Kier alpha value is -2.30. The maximum Gasteiger partial charge on any atom is 0.416 e. The van der Waals surface area contributed by atoms with E-state index >= 15 is 0 Å². The average molecular weight is 484 g/mol. The molecule has 1 fully saturated rings. The van der Waals surface area contributed by atoms with Crippen molar-refractivity contribution in [3.63, 3.8) is 0 Å². The second-order valence-corrected chi connectivity index (χ2v) is 10.7. The van der Waals surface area contributed by atoms with Crippen molar-refractivity contribution in [2.45, 2.75) is 23.5 Å². The van der Waals surface area contributed by atoms with E-state index in [1.807, 2.05) is 17.0 Å². The van der Waals surface area contributed by atoms with Gasteiger partial charge in [-0.15, -0.1) is 10.1 Å². The van der Waals surface area contributed by atoms with Gasteiger partial charge in [-0.2, -0.15) is 18.2 Å². The molecule has 0 amide bonds. The zero-order valence-electron chi connectivity index (χ0n) is 16.9. The minimum absolute atomic E-state index is 0.200. The molecule has 6 nitrogen and oxygen atoms in total. The van der Waals surface area contributed by atoms with E-state index in [1.165, 1.54) is 4.57 Å². The topological polar surface area (TPSA) is 63.1 Å². The molecule has 0 saturated carbocycles. The molecule has 1 aromatic carbocycles. The summed E-state index contributed by atoms with van der Waals surface area (Å²) in [4.78, 5) is 24.1. The molecule has 0 spiro atoms. The van der Waals surface area contributed by atoms with Crippen LogP contribution in [-0.4, -0.2) is 46.5 Å². The number of benzene rings is 1. The maximum atomic E-state index is 13.8. The molecule has 2 aromatic heterocycles. The minimum Gasteiger partial charge on any atom is -0.353 e. The first kappa shape index (κ1) is 21.5. The first-order chi connectivity index (χ1) is 15.3. The van der Waals surface area contributed by atoms with Crippen molar-refractivity contribution in [2.75, 3.05) is 36.8 Å². The van der Waals surface area contributed by atoms with E-state index in [4.69, 9.17) is 10.7 Å². The Kier molecular flexibility index (Phi) is 5.55. The summed E-state index contributed by atoms with van der Waals surface area (Å²) < 4.78 is 42.9. The van der Waals surface area contributed by atoms with Gasteiger partial charge in [0.15, 0.2) is 0 Å². The van der Waals surface area contributed by atoms with Crippen molar-refractivity contribution in [2.24, 2.45) is 0 Å². The highest BCUT2D eigenvalue weighted by Gasteiger charge is 2.35. The lowest BCUT2D eigenvalue weighted by atomic mass is 10.1. The third kappa shape index (κ3) is 3.84. The van der Waals surface area contributed by atoms with Crippen molar-refractivity contribution in [1.29, 1.82) is 0 Å². The summed E-state index contributed by atoms with van der Waals surface area (Å²) in [6.45, 7) is 2.72. The van der Waals surface area contributed by atoms with Crippen LogP contribution in [0.15, 0.2) is 46.2 Å². The van der Waals surface area contributed by atoms with E-state index in [0.29, 0.717) is 53.5 Å². The molecule has 5 rings (SSSR count). The van der Waals surface area contributed by atoms with Gasteiger partial charge < -0.3 is 10.2 Å². The number of nitrogens with zero attached hydrogens (tertiary/aromatic N) is 4. The quantitative estimate of drug-likeness (QED) is 0.546. The molecule has 2 aliphatic rings. The highest BCUT2D eigenvalue weighted by atomic mass is 35.7. The van der Waals surface area contributed by atoms with E-state index in [-0.39, 0.29) is 12.5 Å². The maximum absolute atomic E-state index is 13.8. The van der Waals surface area contributed by atoms with Crippen molar-refractivity contribution in [3.05, 3.63) is 58.3 Å². The van der Waals surface area contributed by atoms with Gasteiger partial charge in [0.05, 0.1) is 11.1 Å². The van der Waals surface area contributed by atoms with E-state index in [2.05, 4.69) is 15.3 Å². The van der Waals surface area contributed by atoms with Gasteiger partial charge in [0.2, 0.25) is 0 Å². The number of alkyl halides is 3. The number of piperazine rings is 1. The van der Waals surface area contributed by atoms with Gasteiger partial charge >= 0.3 is 11.9 Å². The second kappa shape index (κ2) is 8.24. The van der Waals surface area contributed by atoms with Crippen LogP contribution in [-0.2, 0) is 12.7 Å². The van der Waals surface area contributed by atoms with Crippen LogP contribution in [0.3, 0.4) is 0 Å². The predicted molar refractivity (Wildman–Crippen MR) is 121 cm³/mol. The Labute approximate surface area is 189 Å². The Morgan fingerprint density at radius 1 is 1.19 bits per heavy atom. The predicted octanol–water partition coefficient (Wildman–Crippen LogP) is 3.53. The standard InChI is InChI=1S/C21H21ClF3N5OS/c22-32-12-13(16-3-1-2-4-27-16)11-30-18-15(9-14(10-17(18)32)21(23,24)25)19(28-20(30)31)29-7-5-26-6-8-29/h1-4,9-10,13,26,32H,5-8,11-12H2/t13-/m0/s1. The van der Waals surface area contributed by atoms with Crippen LogP contribution < -0.4 is 15.9 Å². The normalized spacial score (nSPS) is 22.7. The van der Waals surface area contributed by atoms with Crippen molar-refractivity contribution in [1.82, 2.24) is 19.9 Å².